The Bertz CT molecular complexity index is 661. The Kier molecular flexibility index (Phi) is 3.50. The van der Waals surface area contributed by atoms with Gasteiger partial charge in [0.1, 0.15) is 5.82 Å². The quantitative estimate of drug-likeness (QED) is 0.917. The number of anilines is 1. The molecule has 104 valence electrons. The minimum Gasteiger partial charge on any atom is -0.369 e. The molecule has 0 unspecified atom stereocenters. The molecule has 0 spiro atoms. The molecule has 0 radical (unpaired) electrons. The van der Waals surface area contributed by atoms with Crippen molar-refractivity contribution in [1.82, 2.24) is 14.5 Å². The standard InChI is InChI=1S/C15H18N4O/c1-2-16-14-9-17-12(8-18-14)10-19-13-5-3-4-11(13)6-7-15(19)20/h6-9H,2-5,10H2,1H3,(H,16,18). The van der Waals surface area contributed by atoms with Gasteiger partial charge in [-0.3, -0.25) is 9.78 Å². The number of nitrogens with one attached hydrogen (secondary N) is 1. The minimum absolute atomic E-state index is 0.0446. The molecule has 0 bridgehead atoms. The molecular weight excluding hydrogens is 252 g/mol. The SMILES string of the molecule is CCNc1cnc(Cn2c3c(ccc2=O)CCC3)cn1. The van der Waals surface area contributed by atoms with Crippen LogP contribution in [-0.4, -0.2) is 21.1 Å². The van der Waals surface area contributed by atoms with Gasteiger partial charge >= 0.3 is 0 Å². The Labute approximate surface area is 117 Å². The molecule has 2 heterocycles. The highest BCUT2D eigenvalue weighted by molar-refractivity contribution is 5.31. The summed E-state index contributed by atoms with van der Waals surface area (Å²) in [5, 5.41) is 3.11. The second-order valence-corrected chi connectivity index (χ2v) is 5.01. The molecular formula is C15H18N4O. The third-order valence-electron chi connectivity index (χ3n) is 3.63. The second-order valence-electron chi connectivity index (χ2n) is 5.01. The topological polar surface area (TPSA) is 59.8 Å². The van der Waals surface area contributed by atoms with Gasteiger partial charge in [-0.05, 0) is 31.7 Å². The minimum atomic E-state index is 0.0446. The lowest BCUT2D eigenvalue weighted by Gasteiger charge is -2.11. The number of nitrogens with zero attached hydrogens (tertiary/aromatic N) is 3. The van der Waals surface area contributed by atoms with Gasteiger partial charge in [0, 0.05) is 18.3 Å². The predicted octanol–water partition coefficient (Wildman–Crippen LogP) is 1.61. The van der Waals surface area contributed by atoms with E-state index in [1.54, 1.807) is 18.5 Å². The normalized spacial score (nSPS) is 13.2. The molecule has 2 aromatic heterocycles. The maximum Gasteiger partial charge on any atom is 0.251 e. The van der Waals surface area contributed by atoms with Crippen molar-refractivity contribution < 1.29 is 0 Å². The van der Waals surface area contributed by atoms with E-state index in [-0.39, 0.29) is 5.56 Å². The van der Waals surface area contributed by atoms with E-state index < -0.39 is 0 Å². The zero-order valence-electron chi connectivity index (χ0n) is 11.6. The van der Waals surface area contributed by atoms with E-state index in [1.165, 1.54) is 5.56 Å². The summed E-state index contributed by atoms with van der Waals surface area (Å²) in [7, 11) is 0. The first-order valence-corrected chi connectivity index (χ1v) is 7.04. The average Bonchev–Trinajstić information content (AvgIpc) is 2.93. The molecule has 5 nitrogen and oxygen atoms in total. The van der Waals surface area contributed by atoms with Gasteiger partial charge in [0.15, 0.2) is 0 Å². The van der Waals surface area contributed by atoms with Gasteiger partial charge in [-0.15, -0.1) is 0 Å². The summed E-state index contributed by atoms with van der Waals surface area (Å²) in [4.78, 5) is 20.7. The molecule has 1 aliphatic carbocycles. The first-order valence-electron chi connectivity index (χ1n) is 7.04. The van der Waals surface area contributed by atoms with Crippen LogP contribution in [-0.2, 0) is 19.4 Å². The van der Waals surface area contributed by atoms with Crippen LogP contribution in [0.3, 0.4) is 0 Å². The molecule has 2 aromatic rings. The van der Waals surface area contributed by atoms with E-state index in [9.17, 15) is 4.79 Å². The first-order chi connectivity index (χ1) is 9.78. The molecule has 5 heteroatoms. The van der Waals surface area contributed by atoms with E-state index >= 15 is 0 Å². The average molecular weight is 270 g/mol. The second kappa shape index (κ2) is 5.45. The smallest absolute Gasteiger partial charge is 0.251 e. The fourth-order valence-electron chi connectivity index (χ4n) is 2.68. The maximum absolute atomic E-state index is 12.1. The number of aryl methyl sites for hydroxylation is 1. The summed E-state index contributed by atoms with van der Waals surface area (Å²) in [6.07, 6.45) is 6.63. The Morgan fingerprint density at radius 1 is 1.25 bits per heavy atom. The van der Waals surface area contributed by atoms with Gasteiger partial charge in [-0.1, -0.05) is 6.07 Å². The Balaban J connectivity index is 1.88. The summed E-state index contributed by atoms with van der Waals surface area (Å²) in [5.41, 5.74) is 3.31. The highest BCUT2D eigenvalue weighted by Gasteiger charge is 2.16. The molecule has 0 saturated heterocycles. The molecule has 3 rings (SSSR count). The summed E-state index contributed by atoms with van der Waals surface area (Å²) in [6.45, 7) is 3.34. The van der Waals surface area contributed by atoms with Crippen molar-refractivity contribution in [2.75, 3.05) is 11.9 Å². The van der Waals surface area contributed by atoms with Crippen LogP contribution in [0, 0.1) is 0 Å². The fraction of sp³-hybridized carbons (Fsp3) is 0.400. The van der Waals surface area contributed by atoms with Crippen LogP contribution in [0.1, 0.15) is 30.3 Å². The lowest BCUT2D eigenvalue weighted by atomic mass is 10.2. The van der Waals surface area contributed by atoms with Crippen molar-refractivity contribution in [2.45, 2.75) is 32.7 Å². The molecule has 0 aliphatic heterocycles. The highest BCUT2D eigenvalue weighted by atomic mass is 16.1. The van der Waals surface area contributed by atoms with Crippen molar-refractivity contribution in [2.24, 2.45) is 0 Å². The van der Waals surface area contributed by atoms with E-state index in [2.05, 4.69) is 15.3 Å². The summed E-state index contributed by atoms with van der Waals surface area (Å²) < 4.78 is 1.83. The number of aromatic nitrogens is 3. The summed E-state index contributed by atoms with van der Waals surface area (Å²) in [6, 6.07) is 3.62. The number of fused-ring (bicyclic) bond motifs is 1. The van der Waals surface area contributed by atoms with Gasteiger partial charge < -0.3 is 9.88 Å². The largest absolute Gasteiger partial charge is 0.369 e. The van der Waals surface area contributed by atoms with Crippen molar-refractivity contribution >= 4 is 5.82 Å². The molecule has 0 amide bonds. The molecule has 0 atom stereocenters. The Morgan fingerprint density at radius 2 is 2.15 bits per heavy atom. The monoisotopic (exact) mass is 270 g/mol. The third kappa shape index (κ3) is 2.43. The van der Waals surface area contributed by atoms with E-state index in [0.717, 1.165) is 43.0 Å². The van der Waals surface area contributed by atoms with Crippen LogP contribution in [0.25, 0.3) is 0 Å². The van der Waals surface area contributed by atoms with Crippen molar-refractivity contribution in [3.8, 4) is 0 Å². The Hall–Kier alpha value is -2.17. The predicted molar refractivity (Wildman–Crippen MR) is 78.0 cm³/mol. The third-order valence-corrected chi connectivity index (χ3v) is 3.63. The van der Waals surface area contributed by atoms with Gasteiger partial charge in [-0.2, -0.15) is 0 Å². The lowest BCUT2D eigenvalue weighted by Crippen LogP contribution is -2.23. The van der Waals surface area contributed by atoms with Gasteiger partial charge in [-0.25, -0.2) is 4.98 Å². The number of hydrogen-bond donors (Lipinski definition) is 1. The number of hydrogen-bond acceptors (Lipinski definition) is 4. The van der Waals surface area contributed by atoms with Crippen LogP contribution in [0.5, 0.6) is 0 Å². The molecule has 0 saturated carbocycles. The van der Waals surface area contributed by atoms with Crippen LogP contribution < -0.4 is 10.9 Å². The molecule has 1 N–H and O–H groups in total. The Morgan fingerprint density at radius 3 is 2.90 bits per heavy atom. The molecule has 1 aliphatic rings. The van der Waals surface area contributed by atoms with Crippen LogP contribution >= 0.6 is 0 Å². The van der Waals surface area contributed by atoms with Gasteiger partial charge in [0.05, 0.1) is 24.6 Å². The first kappa shape index (κ1) is 12.8. The maximum atomic E-state index is 12.1. The fourth-order valence-corrected chi connectivity index (χ4v) is 2.68. The van der Waals surface area contributed by atoms with Gasteiger partial charge in [0.2, 0.25) is 0 Å². The lowest BCUT2D eigenvalue weighted by molar-refractivity contribution is 0.690. The summed E-state index contributed by atoms with van der Waals surface area (Å²) in [5.74, 6) is 0.766. The van der Waals surface area contributed by atoms with Crippen LogP contribution in [0.15, 0.2) is 29.3 Å². The zero-order chi connectivity index (χ0) is 13.9. The highest BCUT2D eigenvalue weighted by Crippen LogP contribution is 2.20. The molecule has 20 heavy (non-hydrogen) atoms. The molecule has 0 fully saturated rings. The summed E-state index contributed by atoms with van der Waals surface area (Å²) >= 11 is 0. The number of pyridine rings is 1. The number of rotatable bonds is 4. The molecule has 0 aromatic carbocycles. The van der Waals surface area contributed by atoms with E-state index in [1.807, 2.05) is 17.6 Å². The van der Waals surface area contributed by atoms with E-state index in [0.29, 0.717) is 6.54 Å². The van der Waals surface area contributed by atoms with Crippen molar-refractivity contribution in [3.63, 3.8) is 0 Å². The van der Waals surface area contributed by atoms with Crippen LogP contribution in [0.4, 0.5) is 5.82 Å². The van der Waals surface area contributed by atoms with Crippen molar-refractivity contribution in [3.05, 3.63) is 51.8 Å². The zero-order valence-corrected chi connectivity index (χ0v) is 11.6. The van der Waals surface area contributed by atoms with Crippen molar-refractivity contribution in [1.29, 1.82) is 0 Å². The van der Waals surface area contributed by atoms with E-state index in [4.69, 9.17) is 0 Å². The van der Waals surface area contributed by atoms with Gasteiger partial charge in [0.25, 0.3) is 5.56 Å². The van der Waals surface area contributed by atoms with Crippen LogP contribution in [0.2, 0.25) is 0 Å².